The molecule has 0 fully saturated rings. The quantitative estimate of drug-likeness (QED) is 0.293. The molecule has 2 atom stereocenters. The molecule has 0 bridgehead atoms. The topological polar surface area (TPSA) is 44.8 Å². The summed E-state index contributed by atoms with van der Waals surface area (Å²) in [6, 6.07) is 14.6. The van der Waals surface area contributed by atoms with Gasteiger partial charge in [-0.3, -0.25) is 0 Å². The highest BCUT2D eigenvalue weighted by atomic mass is 16.5. The van der Waals surface area contributed by atoms with Crippen LogP contribution in [-0.4, -0.2) is 18.7 Å². The van der Waals surface area contributed by atoms with Crippen LogP contribution in [0.5, 0.6) is 11.5 Å². The first-order valence-electron chi connectivity index (χ1n) is 10.8. The molecule has 2 rings (SSSR count). The molecule has 0 N–H and O–H groups in total. The maximum Gasteiger partial charge on any atom is 0.343 e. The van der Waals surface area contributed by atoms with Crippen molar-refractivity contribution in [3.63, 3.8) is 0 Å². The number of hydrogen-bond donors (Lipinski definition) is 0. The molecular formula is C25H34O4. The van der Waals surface area contributed by atoms with Crippen LogP contribution in [0.2, 0.25) is 0 Å². The Hall–Kier alpha value is -2.33. The van der Waals surface area contributed by atoms with E-state index in [0.717, 1.165) is 30.6 Å². The summed E-state index contributed by atoms with van der Waals surface area (Å²) in [6.07, 6.45) is 5.81. The predicted molar refractivity (Wildman–Crippen MR) is 117 cm³/mol. The van der Waals surface area contributed by atoms with Crippen molar-refractivity contribution >= 4 is 5.97 Å². The van der Waals surface area contributed by atoms with Crippen molar-refractivity contribution in [1.82, 2.24) is 0 Å². The molecule has 0 aromatic heterocycles. The second kappa shape index (κ2) is 12.3. The molecule has 4 heteroatoms. The standard InChI is InChI=1S/C25H34O4/c1-5-8-10-22(9-6-2)28-23-15-17-24(18-16-23)29-25(26)21-13-11-20(12-14-21)19(4)27-7-3/h11-19,22H,5-10H2,1-4H3. The van der Waals surface area contributed by atoms with Gasteiger partial charge in [-0.15, -0.1) is 0 Å². The molecular weight excluding hydrogens is 364 g/mol. The normalized spacial score (nSPS) is 13.0. The molecule has 0 heterocycles. The van der Waals surface area contributed by atoms with E-state index in [0.29, 0.717) is 17.9 Å². The third kappa shape index (κ3) is 7.54. The number of rotatable bonds is 12. The molecule has 0 aliphatic heterocycles. The first-order chi connectivity index (χ1) is 14.1. The molecule has 0 saturated carbocycles. The first-order valence-corrected chi connectivity index (χ1v) is 10.8. The van der Waals surface area contributed by atoms with E-state index in [2.05, 4.69) is 13.8 Å². The Morgan fingerprint density at radius 2 is 1.52 bits per heavy atom. The minimum Gasteiger partial charge on any atom is -0.490 e. The zero-order chi connectivity index (χ0) is 21.1. The SMILES string of the molecule is CCCCC(CCC)Oc1ccc(OC(=O)c2ccc(C(C)OCC)cc2)cc1. The van der Waals surface area contributed by atoms with E-state index < -0.39 is 0 Å². The van der Waals surface area contributed by atoms with Gasteiger partial charge in [0.25, 0.3) is 0 Å². The fourth-order valence-corrected chi connectivity index (χ4v) is 3.20. The summed E-state index contributed by atoms with van der Waals surface area (Å²) in [5.74, 6) is 0.949. The maximum absolute atomic E-state index is 12.4. The fraction of sp³-hybridized carbons (Fsp3) is 0.480. The van der Waals surface area contributed by atoms with Crippen molar-refractivity contribution < 1.29 is 19.0 Å². The van der Waals surface area contributed by atoms with Gasteiger partial charge in [0.15, 0.2) is 0 Å². The number of ether oxygens (including phenoxy) is 3. The van der Waals surface area contributed by atoms with Crippen molar-refractivity contribution in [2.75, 3.05) is 6.61 Å². The summed E-state index contributed by atoms with van der Waals surface area (Å²) in [5, 5.41) is 0. The Balaban J connectivity index is 1.93. The molecule has 0 radical (unpaired) electrons. The number of carbonyl (C=O) groups is 1. The molecule has 0 aliphatic carbocycles. The summed E-state index contributed by atoms with van der Waals surface area (Å²) < 4.78 is 17.2. The molecule has 0 aliphatic rings. The molecule has 4 nitrogen and oxygen atoms in total. The highest BCUT2D eigenvalue weighted by molar-refractivity contribution is 5.91. The lowest BCUT2D eigenvalue weighted by Crippen LogP contribution is -2.16. The van der Waals surface area contributed by atoms with Crippen LogP contribution >= 0.6 is 0 Å². The van der Waals surface area contributed by atoms with Gasteiger partial charge in [-0.2, -0.15) is 0 Å². The maximum atomic E-state index is 12.4. The van der Waals surface area contributed by atoms with Crippen molar-refractivity contribution in [3.05, 3.63) is 59.7 Å². The average Bonchev–Trinajstić information content (AvgIpc) is 2.74. The number of unbranched alkanes of at least 4 members (excludes halogenated alkanes) is 1. The summed E-state index contributed by atoms with van der Waals surface area (Å²) >= 11 is 0. The van der Waals surface area contributed by atoms with Gasteiger partial charge in [0, 0.05) is 6.61 Å². The number of esters is 1. The van der Waals surface area contributed by atoms with Gasteiger partial charge in [0.1, 0.15) is 11.5 Å². The van der Waals surface area contributed by atoms with Crippen molar-refractivity contribution in [1.29, 1.82) is 0 Å². The second-order valence-electron chi connectivity index (χ2n) is 7.25. The summed E-state index contributed by atoms with van der Waals surface area (Å²) in [7, 11) is 0. The lowest BCUT2D eigenvalue weighted by Gasteiger charge is -2.18. The lowest BCUT2D eigenvalue weighted by atomic mass is 10.1. The zero-order valence-electron chi connectivity index (χ0n) is 18.1. The Bertz CT molecular complexity index is 721. The van der Waals surface area contributed by atoms with Gasteiger partial charge >= 0.3 is 5.97 Å². The van der Waals surface area contributed by atoms with Gasteiger partial charge in [-0.1, -0.05) is 45.2 Å². The van der Waals surface area contributed by atoms with Crippen LogP contribution in [-0.2, 0) is 4.74 Å². The van der Waals surface area contributed by atoms with Gasteiger partial charge in [-0.05, 0) is 68.7 Å². The molecule has 0 amide bonds. The smallest absolute Gasteiger partial charge is 0.343 e. The molecule has 0 spiro atoms. The number of carbonyl (C=O) groups excluding carboxylic acids is 1. The van der Waals surface area contributed by atoms with Crippen LogP contribution in [0.1, 0.15) is 81.8 Å². The molecule has 0 saturated heterocycles. The third-order valence-corrected chi connectivity index (χ3v) is 4.86. The van der Waals surface area contributed by atoms with Gasteiger partial charge in [0.05, 0.1) is 17.8 Å². The van der Waals surface area contributed by atoms with Gasteiger partial charge in [-0.25, -0.2) is 4.79 Å². The number of benzene rings is 2. The van der Waals surface area contributed by atoms with Crippen molar-refractivity contribution in [2.24, 2.45) is 0 Å². The van der Waals surface area contributed by atoms with E-state index in [1.54, 1.807) is 24.3 Å². The van der Waals surface area contributed by atoms with Crippen LogP contribution in [0.15, 0.2) is 48.5 Å². The van der Waals surface area contributed by atoms with Crippen molar-refractivity contribution in [3.8, 4) is 11.5 Å². The highest BCUT2D eigenvalue weighted by Crippen LogP contribution is 2.23. The van der Waals surface area contributed by atoms with Crippen molar-refractivity contribution in [2.45, 2.75) is 72.0 Å². The largest absolute Gasteiger partial charge is 0.490 e. The molecule has 29 heavy (non-hydrogen) atoms. The fourth-order valence-electron chi connectivity index (χ4n) is 3.20. The first kappa shape index (κ1) is 23.0. The second-order valence-corrected chi connectivity index (χ2v) is 7.25. The molecule has 2 unspecified atom stereocenters. The Morgan fingerprint density at radius 1 is 0.862 bits per heavy atom. The lowest BCUT2D eigenvalue weighted by molar-refractivity contribution is 0.0728. The summed E-state index contributed by atoms with van der Waals surface area (Å²) in [4.78, 5) is 12.4. The van der Waals surface area contributed by atoms with Gasteiger partial charge in [0.2, 0.25) is 0 Å². The highest BCUT2D eigenvalue weighted by Gasteiger charge is 2.12. The van der Waals surface area contributed by atoms with E-state index in [-0.39, 0.29) is 18.2 Å². The van der Waals surface area contributed by atoms with Gasteiger partial charge < -0.3 is 14.2 Å². The third-order valence-electron chi connectivity index (χ3n) is 4.86. The Kier molecular flexibility index (Phi) is 9.72. The van der Waals surface area contributed by atoms with Crippen LogP contribution in [0.3, 0.4) is 0 Å². The van der Waals surface area contributed by atoms with Crippen LogP contribution < -0.4 is 9.47 Å². The van der Waals surface area contributed by atoms with E-state index in [4.69, 9.17) is 14.2 Å². The van der Waals surface area contributed by atoms with E-state index in [9.17, 15) is 4.79 Å². The van der Waals surface area contributed by atoms with Crippen LogP contribution in [0, 0.1) is 0 Å². The average molecular weight is 399 g/mol. The number of hydrogen-bond acceptors (Lipinski definition) is 4. The Labute approximate surface area is 175 Å². The summed E-state index contributed by atoms with van der Waals surface area (Å²) in [6.45, 7) is 8.98. The molecule has 158 valence electrons. The van der Waals surface area contributed by atoms with E-state index >= 15 is 0 Å². The molecule has 2 aromatic rings. The van der Waals surface area contributed by atoms with Crippen LogP contribution in [0.4, 0.5) is 0 Å². The zero-order valence-corrected chi connectivity index (χ0v) is 18.1. The monoisotopic (exact) mass is 398 g/mol. The Morgan fingerprint density at radius 3 is 2.10 bits per heavy atom. The van der Waals surface area contributed by atoms with Crippen LogP contribution in [0.25, 0.3) is 0 Å². The summed E-state index contributed by atoms with van der Waals surface area (Å²) in [5.41, 5.74) is 1.55. The van der Waals surface area contributed by atoms with E-state index in [1.807, 2.05) is 38.1 Å². The molecule has 2 aromatic carbocycles. The predicted octanol–water partition coefficient (Wildman–Crippen LogP) is 6.74. The minimum absolute atomic E-state index is 0.00600. The minimum atomic E-state index is -0.374. The van der Waals surface area contributed by atoms with E-state index in [1.165, 1.54) is 12.8 Å².